The number of nitrogens with one attached hydrogen (secondary N) is 1. The molecule has 1 aliphatic heterocycles. The highest BCUT2D eigenvalue weighted by Gasteiger charge is 2.31. The minimum atomic E-state index is -0.627. The second kappa shape index (κ2) is 8.20. The Morgan fingerprint density at radius 1 is 1.28 bits per heavy atom. The van der Waals surface area contributed by atoms with Gasteiger partial charge < -0.3 is 24.6 Å². The molecular formula is C21H26N2O5S. The fraction of sp³-hybridized carbons (Fsp3) is 0.524. The van der Waals surface area contributed by atoms with Crippen LogP contribution in [0.5, 0.6) is 23.1 Å². The second-order valence-corrected chi connectivity index (χ2v) is 9.04. The fourth-order valence-corrected chi connectivity index (χ4v) is 4.53. The maximum atomic E-state index is 12.7. The first-order chi connectivity index (χ1) is 13.9. The highest BCUT2D eigenvalue weighted by Crippen LogP contribution is 2.38. The number of benzene rings is 1. The maximum Gasteiger partial charge on any atom is 0.267 e. The van der Waals surface area contributed by atoms with E-state index in [9.17, 15) is 9.90 Å². The molecule has 0 bridgehead atoms. The lowest BCUT2D eigenvalue weighted by Crippen LogP contribution is -2.37. The molecule has 29 heavy (non-hydrogen) atoms. The third kappa shape index (κ3) is 4.64. The molecule has 1 saturated carbocycles. The van der Waals surface area contributed by atoms with Gasteiger partial charge in [0.15, 0.2) is 16.4 Å². The summed E-state index contributed by atoms with van der Waals surface area (Å²) >= 11 is 1.26. The monoisotopic (exact) mass is 418 g/mol. The fourth-order valence-electron chi connectivity index (χ4n) is 3.90. The molecule has 0 unspecified atom stereocenters. The molecule has 0 atom stereocenters. The molecular weight excluding hydrogens is 392 g/mol. The SMILES string of the molecule is CC(C)(O)C1CCC(CNC(=O)c2scnc2Oc2ccc3c(c2)OCO3)CC1. The van der Waals surface area contributed by atoms with Gasteiger partial charge in [-0.05, 0) is 63.5 Å². The van der Waals surface area contributed by atoms with Crippen molar-refractivity contribution in [2.24, 2.45) is 11.8 Å². The highest BCUT2D eigenvalue weighted by molar-refractivity contribution is 7.12. The summed E-state index contributed by atoms with van der Waals surface area (Å²) in [5.41, 5.74) is 0.976. The highest BCUT2D eigenvalue weighted by atomic mass is 32.1. The van der Waals surface area contributed by atoms with Crippen LogP contribution in [0.1, 0.15) is 49.2 Å². The standard InChI is InChI=1S/C21H26N2O5S/c1-21(2,25)14-5-3-13(4-6-14)10-22-19(24)18-20(23-11-29-18)28-15-7-8-16-17(9-15)27-12-26-16/h7-9,11,13-14,25H,3-6,10,12H2,1-2H3,(H,22,24). The summed E-state index contributed by atoms with van der Waals surface area (Å²) in [7, 11) is 0. The molecule has 7 nitrogen and oxygen atoms in total. The molecule has 1 fully saturated rings. The van der Waals surface area contributed by atoms with Crippen LogP contribution in [0.25, 0.3) is 0 Å². The van der Waals surface area contributed by atoms with E-state index in [4.69, 9.17) is 14.2 Å². The quantitative estimate of drug-likeness (QED) is 0.738. The lowest BCUT2D eigenvalue weighted by molar-refractivity contribution is -0.00574. The van der Waals surface area contributed by atoms with Crippen LogP contribution in [0.2, 0.25) is 0 Å². The van der Waals surface area contributed by atoms with E-state index in [1.165, 1.54) is 11.3 Å². The van der Waals surface area contributed by atoms with Crippen LogP contribution in [0, 0.1) is 11.8 Å². The van der Waals surface area contributed by atoms with Crippen LogP contribution in [-0.4, -0.2) is 34.9 Å². The first-order valence-electron chi connectivity index (χ1n) is 9.91. The van der Waals surface area contributed by atoms with E-state index in [2.05, 4.69) is 10.3 Å². The number of rotatable bonds is 6. The van der Waals surface area contributed by atoms with Gasteiger partial charge in [-0.15, -0.1) is 11.3 Å². The van der Waals surface area contributed by atoms with Crippen molar-refractivity contribution >= 4 is 17.2 Å². The number of hydrogen-bond acceptors (Lipinski definition) is 7. The summed E-state index contributed by atoms with van der Waals surface area (Å²) < 4.78 is 16.5. The largest absolute Gasteiger partial charge is 0.454 e. The lowest BCUT2D eigenvalue weighted by Gasteiger charge is -2.35. The molecule has 0 saturated heterocycles. The van der Waals surface area contributed by atoms with E-state index in [-0.39, 0.29) is 18.6 Å². The molecule has 2 heterocycles. The number of aliphatic hydroxyl groups is 1. The Morgan fingerprint density at radius 3 is 2.79 bits per heavy atom. The van der Waals surface area contributed by atoms with Gasteiger partial charge in [0.1, 0.15) is 5.75 Å². The van der Waals surface area contributed by atoms with Crippen molar-refractivity contribution in [3.05, 3.63) is 28.6 Å². The lowest BCUT2D eigenvalue weighted by atomic mass is 9.75. The van der Waals surface area contributed by atoms with E-state index in [1.807, 2.05) is 13.8 Å². The average molecular weight is 419 g/mol. The Hall–Kier alpha value is -2.32. The van der Waals surface area contributed by atoms with Crippen molar-refractivity contribution < 1.29 is 24.1 Å². The van der Waals surface area contributed by atoms with Crippen LogP contribution >= 0.6 is 11.3 Å². The molecule has 4 rings (SSSR count). The van der Waals surface area contributed by atoms with Gasteiger partial charge in [-0.1, -0.05) is 0 Å². The topological polar surface area (TPSA) is 89.9 Å². The minimum Gasteiger partial charge on any atom is -0.454 e. The van der Waals surface area contributed by atoms with Crippen LogP contribution in [0.3, 0.4) is 0 Å². The smallest absolute Gasteiger partial charge is 0.267 e. The number of thiazole rings is 1. The van der Waals surface area contributed by atoms with Crippen molar-refractivity contribution in [1.82, 2.24) is 10.3 Å². The van der Waals surface area contributed by atoms with Crippen molar-refractivity contribution in [2.45, 2.75) is 45.1 Å². The zero-order chi connectivity index (χ0) is 20.4. The van der Waals surface area contributed by atoms with Gasteiger partial charge in [0.2, 0.25) is 12.7 Å². The van der Waals surface area contributed by atoms with Crippen molar-refractivity contribution in [3.63, 3.8) is 0 Å². The van der Waals surface area contributed by atoms with Crippen molar-refractivity contribution in [1.29, 1.82) is 0 Å². The molecule has 2 aliphatic rings. The molecule has 1 amide bonds. The van der Waals surface area contributed by atoms with E-state index >= 15 is 0 Å². The number of hydrogen-bond donors (Lipinski definition) is 2. The number of carbonyl (C=O) groups is 1. The molecule has 0 spiro atoms. The number of carbonyl (C=O) groups excluding carboxylic acids is 1. The number of amides is 1. The normalized spacial score (nSPS) is 21.1. The number of nitrogens with zero attached hydrogens (tertiary/aromatic N) is 1. The first-order valence-corrected chi connectivity index (χ1v) is 10.8. The predicted molar refractivity (Wildman–Crippen MR) is 109 cm³/mol. The Bertz CT molecular complexity index is 868. The van der Waals surface area contributed by atoms with Crippen LogP contribution in [-0.2, 0) is 0 Å². The van der Waals surface area contributed by atoms with E-state index in [0.717, 1.165) is 25.7 Å². The number of ether oxygens (including phenoxy) is 3. The van der Waals surface area contributed by atoms with Crippen LogP contribution < -0.4 is 19.5 Å². The predicted octanol–water partition coefficient (Wildman–Crippen LogP) is 3.97. The Labute approximate surface area is 174 Å². The number of aromatic nitrogens is 1. The Balaban J connectivity index is 1.32. The third-order valence-electron chi connectivity index (χ3n) is 5.70. The molecule has 1 aromatic carbocycles. The maximum absolute atomic E-state index is 12.7. The molecule has 1 aromatic heterocycles. The van der Waals surface area contributed by atoms with Crippen LogP contribution in [0.4, 0.5) is 0 Å². The summed E-state index contributed by atoms with van der Waals surface area (Å²) in [4.78, 5) is 17.3. The third-order valence-corrected chi connectivity index (χ3v) is 6.50. The second-order valence-electron chi connectivity index (χ2n) is 8.19. The molecule has 0 radical (unpaired) electrons. The molecule has 1 aliphatic carbocycles. The Morgan fingerprint density at radius 2 is 2.03 bits per heavy atom. The van der Waals surface area contributed by atoms with E-state index in [0.29, 0.717) is 40.5 Å². The molecule has 2 N–H and O–H groups in total. The summed E-state index contributed by atoms with van der Waals surface area (Å²) in [5.74, 6) is 2.71. The number of fused-ring (bicyclic) bond motifs is 1. The summed E-state index contributed by atoms with van der Waals surface area (Å²) in [6.45, 7) is 4.58. The summed E-state index contributed by atoms with van der Waals surface area (Å²) in [6.07, 6.45) is 4.00. The van der Waals surface area contributed by atoms with Crippen molar-refractivity contribution in [3.8, 4) is 23.1 Å². The summed E-state index contributed by atoms with van der Waals surface area (Å²) in [5, 5.41) is 13.2. The summed E-state index contributed by atoms with van der Waals surface area (Å²) in [6, 6.07) is 5.26. The van der Waals surface area contributed by atoms with Gasteiger partial charge in [-0.3, -0.25) is 4.79 Å². The average Bonchev–Trinajstić information content (AvgIpc) is 3.34. The minimum absolute atomic E-state index is 0.173. The van der Waals surface area contributed by atoms with Gasteiger partial charge in [0, 0.05) is 12.6 Å². The van der Waals surface area contributed by atoms with Gasteiger partial charge in [-0.2, -0.15) is 0 Å². The molecule has 2 aromatic rings. The van der Waals surface area contributed by atoms with E-state index < -0.39 is 5.60 Å². The van der Waals surface area contributed by atoms with Gasteiger partial charge >= 0.3 is 0 Å². The van der Waals surface area contributed by atoms with Gasteiger partial charge in [0.05, 0.1) is 11.1 Å². The van der Waals surface area contributed by atoms with Gasteiger partial charge in [0.25, 0.3) is 5.91 Å². The molecule has 156 valence electrons. The van der Waals surface area contributed by atoms with Crippen LogP contribution in [0.15, 0.2) is 23.7 Å². The first kappa shape index (κ1) is 20.0. The Kier molecular flexibility index (Phi) is 5.65. The van der Waals surface area contributed by atoms with Gasteiger partial charge in [-0.25, -0.2) is 4.98 Å². The molecule has 8 heteroatoms. The zero-order valence-electron chi connectivity index (χ0n) is 16.6. The van der Waals surface area contributed by atoms with Crippen molar-refractivity contribution in [2.75, 3.05) is 13.3 Å². The van der Waals surface area contributed by atoms with E-state index in [1.54, 1.807) is 23.7 Å². The zero-order valence-corrected chi connectivity index (χ0v) is 17.5.